The third-order valence-corrected chi connectivity index (χ3v) is 3.92. The third kappa shape index (κ3) is 3.55. The molecule has 0 radical (unpaired) electrons. The molecule has 2 aliphatic rings. The molecule has 2 N–H and O–H groups in total. The molecule has 0 aromatic carbocycles. The summed E-state index contributed by atoms with van der Waals surface area (Å²) in [5.41, 5.74) is 1.14. The Labute approximate surface area is 114 Å². The molecule has 0 aromatic rings. The molecule has 1 heterocycles. The van der Waals surface area contributed by atoms with Gasteiger partial charge in [-0.25, -0.2) is 0 Å². The van der Waals surface area contributed by atoms with Gasteiger partial charge in [-0.2, -0.15) is 0 Å². The predicted molar refractivity (Wildman–Crippen MR) is 72.4 cm³/mol. The first-order chi connectivity index (χ1) is 9.11. The summed E-state index contributed by atoms with van der Waals surface area (Å²) in [6.07, 6.45) is 5.11. The second kappa shape index (κ2) is 6.50. The Morgan fingerprint density at radius 2 is 2.05 bits per heavy atom. The normalized spacial score (nSPS) is 28.3. The first kappa shape index (κ1) is 14.5. The van der Waals surface area contributed by atoms with Crippen LogP contribution in [0.4, 0.5) is 0 Å². The third-order valence-electron chi connectivity index (χ3n) is 3.92. The number of carbonyl (C=O) groups is 1. The van der Waals surface area contributed by atoms with Crippen LogP contribution in [0.5, 0.6) is 0 Å². The van der Waals surface area contributed by atoms with Crippen LogP contribution in [0.25, 0.3) is 0 Å². The van der Waals surface area contributed by atoms with Gasteiger partial charge in [0.15, 0.2) is 0 Å². The zero-order valence-corrected chi connectivity index (χ0v) is 11.6. The molecule has 0 aromatic heterocycles. The number of nitrogens with zero attached hydrogens (tertiary/aromatic N) is 2. The highest BCUT2D eigenvalue weighted by Gasteiger charge is 2.31. The van der Waals surface area contributed by atoms with E-state index >= 15 is 0 Å². The molecular weight excluding hydrogens is 244 g/mol. The number of likely N-dealkylation sites (N-methyl/N-ethyl adjacent to an activating group) is 1. The van der Waals surface area contributed by atoms with E-state index in [-0.39, 0.29) is 12.5 Å². The van der Waals surface area contributed by atoms with Crippen LogP contribution >= 0.6 is 0 Å². The molecule has 2 rings (SSSR count). The minimum absolute atomic E-state index is 0.0666. The summed E-state index contributed by atoms with van der Waals surface area (Å²) in [5.74, 6) is 0.0666. The van der Waals surface area contributed by atoms with Crippen molar-refractivity contribution in [2.75, 3.05) is 26.2 Å². The summed E-state index contributed by atoms with van der Waals surface area (Å²) in [5, 5.41) is 19.0. The first-order valence-corrected chi connectivity index (χ1v) is 7.19. The number of hydrogen-bond donors (Lipinski definition) is 2. The standard InChI is InChI=1S/C14H24N2O3/c1-2-16(11-6-4-3-5-7-11)14(19)10-15-8-12(17)13(18)9-15/h6,12-13,17-18H,2-5,7-10H2,1H3. The minimum atomic E-state index is -0.725. The van der Waals surface area contributed by atoms with Gasteiger partial charge in [-0.1, -0.05) is 6.08 Å². The van der Waals surface area contributed by atoms with Crippen molar-refractivity contribution in [1.29, 1.82) is 0 Å². The maximum Gasteiger partial charge on any atom is 0.240 e. The summed E-state index contributed by atoms with van der Waals surface area (Å²) in [7, 11) is 0. The molecule has 1 amide bonds. The van der Waals surface area contributed by atoms with Crippen LogP contribution in [0, 0.1) is 0 Å². The number of likely N-dealkylation sites (tertiary alicyclic amines) is 1. The van der Waals surface area contributed by atoms with Crippen molar-refractivity contribution in [2.45, 2.75) is 44.8 Å². The van der Waals surface area contributed by atoms with Crippen LogP contribution in [0.1, 0.15) is 32.6 Å². The van der Waals surface area contributed by atoms with E-state index in [1.54, 1.807) is 0 Å². The second-order valence-electron chi connectivity index (χ2n) is 5.41. The number of carbonyl (C=O) groups excluding carboxylic acids is 1. The van der Waals surface area contributed by atoms with E-state index in [0.717, 1.165) is 25.0 Å². The number of aliphatic hydroxyl groups is 2. The fraction of sp³-hybridized carbons (Fsp3) is 0.786. The number of rotatable bonds is 4. The Balaban J connectivity index is 1.92. The van der Waals surface area contributed by atoms with Gasteiger partial charge in [0, 0.05) is 25.3 Å². The summed E-state index contributed by atoms with van der Waals surface area (Å²) in [6.45, 7) is 3.71. The molecule has 0 spiro atoms. The fourth-order valence-electron chi connectivity index (χ4n) is 2.86. The summed E-state index contributed by atoms with van der Waals surface area (Å²) in [4.78, 5) is 16.0. The zero-order valence-electron chi connectivity index (χ0n) is 11.6. The molecular formula is C14H24N2O3. The van der Waals surface area contributed by atoms with Crippen LogP contribution in [0.2, 0.25) is 0 Å². The van der Waals surface area contributed by atoms with Crippen molar-refractivity contribution in [3.63, 3.8) is 0 Å². The van der Waals surface area contributed by atoms with E-state index < -0.39 is 12.2 Å². The maximum atomic E-state index is 12.3. The van der Waals surface area contributed by atoms with Gasteiger partial charge in [0.1, 0.15) is 0 Å². The quantitative estimate of drug-likeness (QED) is 0.771. The molecule has 108 valence electrons. The Hall–Kier alpha value is -0.910. The molecule has 2 atom stereocenters. The maximum absolute atomic E-state index is 12.3. The Bertz CT molecular complexity index is 347. The minimum Gasteiger partial charge on any atom is -0.389 e. The molecule has 2 unspecified atom stereocenters. The number of aliphatic hydroxyl groups excluding tert-OH is 2. The van der Waals surface area contributed by atoms with Crippen molar-refractivity contribution < 1.29 is 15.0 Å². The first-order valence-electron chi connectivity index (χ1n) is 7.19. The van der Waals surface area contributed by atoms with Gasteiger partial charge in [-0.15, -0.1) is 0 Å². The highest BCUT2D eigenvalue weighted by molar-refractivity contribution is 5.80. The Morgan fingerprint density at radius 3 is 2.58 bits per heavy atom. The summed E-state index contributed by atoms with van der Waals surface area (Å²) >= 11 is 0. The summed E-state index contributed by atoms with van der Waals surface area (Å²) in [6, 6.07) is 0. The number of allylic oxidation sites excluding steroid dienone is 2. The van der Waals surface area contributed by atoms with E-state index in [4.69, 9.17) is 0 Å². The lowest BCUT2D eigenvalue weighted by Gasteiger charge is -2.28. The molecule has 1 saturated heterocycles. The van der Waals surface area contributed by atoms with Crippen LogP contribution in [0.3, 0.4) is 0 Å². The van der Waals surface area contributed by atoms with E-state index in [1.165, 1.54) is 6.42 Å². The molecule has 0 saturated carbocycles. The van der Waals surface area contributed by atoms with Crippen molar-refractivity contribution in [3.05, 3.63) is 11.8 Å². The predicted octanol–water partition coefficient (Wildman–Crippen LogP) is 0.330. The molecule has 0 bridgehead atoms. The number of β-amino-alcohol motifs (C(OH)–C–C–N with tert-alkyl or cyclic N) is 2. The molecule has 1 aliphatic carbocycles. The zero-order chi connectivity index (χ0) is 13.8. The molecule has 1 fully saturated rings. The van der Waals surface area contributed by atoms with Crippen molar-refractivity contribution in [1.82, 2.24) is 9.80 Å². The molecule has 5 nitrogen and oxygen atoms in total. The summed E-state index contributed by atoms with van der Waals surface area (Å²) < 4.78 is 0. The van der Waals surface area contributed by atoms with Crippen LogP contribution in [-0.4, -0.2) is 64.3 Å². The monoisotopic (exact) mass is 268 g/mol. The van der Waals surface area contributed by atoms with Crippen molar-refractivity contribution in [3.8, 4) is 0 Å². The second-order valence-corrected chi connectivity index (χ2v) is 5.41. The van der Waals surface area contributed by atoms with E-state index in [0.29, 0.717) is 19.6 Å². The molecule has 19 heavy (non-hydrogen) atoms. The van der Waals surface area contributed by atoms with Gasteiger partial charge in [-0.3, -0.25) is 9.69 Å². The Kier molecular flexibility index (Phi) is 4.96. The van der Waals surface area contributed by atoms with Gasteiger partial charge in [-0.05, 0) is 32.6 Å². The van der Waals surface area contributed by atoms with Gasteiger partial charge in [0.05, 0.1) is 18.8 Å². The lowest BCUT2D eigenvalue weighted by molar-refractivity contribution is -0.130. The smallest absolute Gasteiger partial charge is 0.240 e. The van der Waals surface area contributed by atoms with E-state index in [1.807, 2.05) is 16.7 Å². The van der Waals surface area contributed by atoms with Gasteiger partial charge < -0.3 is 15.1 Å². The molecule has 1 aliphatic heterocycles. The largest absolute Gasteiger partial charge is 0.389 e. The van der Waals surface area contributed by atoms with Crippen LogP contribution in [-0.2, 0) is 4.79 Å². The van der Waals surface area contributed by atoms with Gasteiger partial charge in [0.2, 0.25) is 5.91 Å². The lowest BCUT2D eigenvalue weighted by atomic mass is 10.0. The average Bonchev–Trinajstić information content (AvgIpc) is 2.70. The number of amides is 1. The van der Waals surface area contributed by atoms with Crippen LogP contribution < -0.4 is 0 Å². The highest BCUT2D eigenvalue weighted by atomic mass is 16.3. The van der Waals surface area contributed by atoms with E-state index in [2.05, 4.69) is 6.08 Å². The van der Waals surface area contributed by atoms with Crippen molar-refractivity contribution in [2.24, 2.45) is 0 Å². The van der Waals surface area contributed by atoms with E-state index in [9.17, 15) is 15.0 Å². The lowest BCUT2D eigenvalue weighted by Crippen LogP contribution is -2.39. The fourth-order valence-corrected chi connectivity index (χ4v) is 2.86. The van der Waals surface area contributed by atoms with Gasteiger partial charge >= 0.3 is 0 Å². The van der Waals surface area contributed by atoms with Crippen molar-refractivity contribution >= 4 is 5.91 Å². The average molecular weight is 268 g/mol. The molecule has 5 heteroatoms. The topological polar surface area (TPSA) is 64.0 Å². The Morgan fingerprint density at radius 1 is 1.37 bits per heavy atom. The van der Waals surface area contributed by atoms with Gasteiger partial charge in [0.25, 0.3) is 0 Å². The highest BCUT2D eigenvalue weighted by Crippen LogP contribution is 2.21. The van der Waals surface area contributed by atoms with Crippen LogP contribution in [0.15, 0.2) is 11.8 Å². The SMILES string of the molecule is CCN(C(=O)CN1CC(O)C(O)C1)C1=CCCCC1. The number of hydrogen-bond acceptors (Lipinski definition) is 4.